The number of rotatable bonds is 6. The largest absolute Gasteiger partial charge is 0.481 e. The highest BCUT2D eigenvalue weighted by Gasteiger charge is 2.25. The van der Waals surface area contributed by atoms with Gasteiger partial charge in [0.05, 0.1) is 6.10 Å². The number of nitrogens with zero attached hydrogens (tertiary/aromatic N) is 1. The maximum absolute atomic E-state index is 10.5. The van der Waals surface area contributed by atoms with Gasteiger partial charge >= 0.3 is 5.97 Å². The maximum Gasteiger partial charge on any atom is 0.303 e. The summed E-state index contributed by atoms with van der Waals surface area (Å²) in [5, 5.41) is 8.66. The predicted octanol–water partition coefficient (Wildman–Crippen LogP) is 1.99. The number of ether oxygens (including phenoxy) is 1. The molecular formula is C13H25NO3. The predicted molar refractivity (Wildman–Crippen MR) is 67.1 cm³/mol. The minimum absolute atomic E-state index is 0.255. The molecule has 17 heavy (non-hydrogen) atoms. The molecule has 2 unspecified atom stereocenters. The lowest BCUT2D eigenvalue weighted by molar-refractivity contribution is -0.137. The quantitative estimate of drug-likeness (QED) is 0.775. The van der Waals surface area contributed by atoms with Crippen molar-refractivity contribution in [1.29, 1.82) is 0 Å². The number of methoxy groups -OCH3 is 1. The van der Waals surface area contributed by atoms with Crippen molar-refractivity contribution in [3.63, 3.8) is 0 Å². The van der Waals surface area contributed by atoms with Crippen molar-refractivity contribution in [2.45, 2.75) is 51.7 Å². The van der Waals surface area contributed by atoms with E-state index >= 15 is 0 Å². The SMILES string of the molecule is COC(C)C(C)N1CCC(CCC(=O)O)CC1. The summed E-state index contributed by atoms with van der Waals surface area (Å²) >= 11 is 0. The van der Waals surface area contributed by atoms with E-state index < -0.39 is 5.97 Å². The van der Waals surface area contributed by atoms with Crippen LogP contribution in [0.5, 0.6) is 0 Å². The molecule has 0 saturated carbocycles. The van der Waals surface area contributed by atoms with Crippen LogP contribution in [-0.4, -0.2) is 48.3 Å². The minimum Gasteiger partial charge on any atom is -0.481 e. The lowest BCUT2D eigenvalue weighted by Crippen LogP contribution is -2.45. The van der Waals surface area contributed by atoms with E-state index in [-0.39, 0.29) is 6.10 Å². The molecule has 0 aliphatic carbocycles. The van der Waals surface area contributed by atoms with E-state index in [4.69, 9.17) is 9.84 Å². The van der Waals surface area contributed by atoms with Crippen LogP contribution in [0.2, 0.25) is 0 Å². The second kappa shape index (κ2) is 6.97. The Morgan fingerprint density at radius 1 is 1.41 bits per heavy atom. The molecule has 0 amide bonds. The van der Waals surface area contributed by atoms with E-state index in [2.05, 4.69) is 18.7 Å². The van der Waals surface area contributed by atoms with Gasteiger partial charge in [-0.1, -0.05) is 0 Å². The van der Waals surface area contributed by atoms with Crippen molar-refractivity contribution in [2.75, 3.05) is 20.2 Å². The highest BCUT2D eigenvalue weighted by Crippen LogP contribution is 2.24. The molecule has 1 N–H and O–H groups in total. The fourth-order valence-electron chi connectivity index (χ4n) is 2.47. The van der Waals surface area contributed by atoms with Crippen molar-refractivity contribution >= 4 is 5.97 Å². The molecule has 0 bridgehead atoms. The summed E-state index contributed by atoms with van der Waals surface area (Å²) in [6, 6.07) is 0.445. The first-order valence-corrected chi connectivity index (χ1v) is 6.53. The topological polar surface area (TPSA) is 49.8 Å². The Bertz CT molecular complexity index is 237. The highest BCUT2D eigenvalue weighted by atomic mass is 16.5. The Morgan fingerprint density at radius 3 is 2.47 bits per heavy atom. The Balaban J connectivity index is 2.27. The average Bonchev–Trinajstić information content (AvgIpc) is 2.35. The molecule has 4 nitrogen and oxygen atoms in total. The first-order valence-electron chi connectivity index (χ1n) is 6.53. The standard InChI is InChI=1S/C13H25NO3/c1-10(11(2)17-3)14-8-6-12(7-9-14)4-5-13(15)16/h10-12H,4-9H2,1-3H3,(H,15,16). The van der Waals surface area contributed by atoms with E-state index in [9.17, 15) is 4.79 Å². The summed E-state index contributed by atoms with van der Waals surface area (Å²) in [6.45, 7) is 6.44. The molecule has 0 aromatic rings. The molecule has 0 aromatic carbocycles. The van der Waals surface area contributed by atoms with Gasteiger partial charge in [0.25, 0.3) is 0 Å². The van der Waals surface area contributed by atoms with Crippen LogP contribution in [0.4, 0.5) is 0 Å². The van der Waals surface area contributed by atoms with Crippen LogP contribution in [-0.2, 0) is 9.53 Å². The van der Waals surface area contributed by atoms with Gasteiger partial charge in [0.2, 0.25) is 0 Å². The lowest BCUT2D eigenvalue weighted by Gasteiger charge is -2.38. The third kappa shape index (κ3) is 4.64. The number of likely N-dealkylation sites (tertiary alicyclic amines) is 1. The Kier molecular flexibility index (Phi) is 5.92. The van der Waals surface area contributed by atoms with Crippen LogP contribution in [0.3, 0.4) is 0 Å². The van der Waals surface area contributed by atoms with Crippen molar-refractivity contribution in [1.82, 2.24) is 4.90 Å². The van der Waals surface area contributed by atoms with Gasteiger partial charge in [0, 0.05) is 19.6 Å². The fraction of sp³-hybridized carbons (Fsp3) is 0.923. The van der Waals surface area contributed by atoms with Gasteiger partial charge in [0.15, 0.2) is 0 Å². The van der Waals surface area contributed by atoms with E-state index in [1.54, 1.807) is 7.11 Å². The molecule has 1 fully saturated rings. The Labute approximate surface area is 104 Å². The second-order valence-electron chi connectivity index (χ2n) is 5.09. The lowest BCUT2D eigenvalue weighted by atomic mass is 9.91. The molecule has 1 aliphatic rings. The Morgan fingerprint density at radius 2 is 2.00 bits per heavy atom. The smallest absolute Gasteiger partial charge is 0.303 e. The zero-order valence-electron chi connectivity index (χ0n) is 11.2. The highest BCUT2D eigenvalue weighted by molar-refractivity contribution is 5.66. The number of hydrogen-bond donors (Lipinski definition) is 1. The van der Waals surface area contributed by atoms with Crippen LogP contribution in [0.15, 0.2) is 0 Å². The van der Waals surface area contributed by atoms with Crippen LogP contribution < -0.4 is 0 Å². The van der Waals surface area contributed by atoms with E-state index in [1.807, 2.05) is 0 Å². The second-order valence-corrected chi connectivity index (χ2v) is 5.09. The minimum atomic E-state index is -0.672. The van der Waals surface area contributed by atoms with Gasteiger partial charge in [-0.3, -0.25) is 9.69 Å². The van der Waals surface area contributed by atoms with Crippen LogP contribution >= 0.6 is 0 Å². The number of carboxylic acid groups (broad SMARTS) is 1. The normalized spacial score (nSPS) is 22.3. The monoisotopic (exact) mass is 243 g/mol. The molecule has 1 aliphatic heterocycles. The molecule has 1 rings (SSSR count). The Hall–Kier alpha value is -0.610. The average molecular weight is 243 g/mol. The summed E-state index contributed by atoms with van der Waals surface area (Å²) in [7, 11) is 1.75. The van der Waals surface area contributed by atoms with Crippen molar-refractivity contribution in [3.05, 3.63) is 0 Å². The van der Waals surface area contributed by atoms with E-state index in [0.717, 1.165) is 32.4 Å². The molecule has 100 valence electrons. The fourth-order valence-corrected chi connectivity index (χ4v) is 2.47. The number of carbonyl (C=O) groups is 1. The molecule has 1 saturated heterocycles. The summed E-state index contributed by atoms with van der Waals surface area (Å²) in [5.74, 6) is -0.0822. The molecule has 0 radical (unpaired) electrons. The summed E-state index contributed by atoms with van der Waals surface area (Å²) in [5.41, 5.74) is 0. The van der Waals surface area contributed by atoms with Crippen molar-refractivity contribution < 1.29 is 14.6 Å². The molecule has 4 heteroatoms. The number of aliphatic carboxylic acids is 1. The summed E-state index contributed by atoms with van der Waals surface area (Å²) in [6.07, 6.45) is 3.64. The van der Waals surface area contributed by atoms with Crippen molar-refractivity contribution in [3.8, 4) is 0 Å². The van der Waals surface area contributed by atoms with Gasteiger partial charge < -0.3 is 9.84 Å². The summed E-state index contributed by atoms with van der Waals surface area (Å²) in [4.78, 5) is 13.0. The third-order valence-electron chi connectivity index (χ3n) is 4.04. The van der Waals surface area contributed by atoms with Gasteiger partial charge in [0.1, 0.15) is 0 Å². The van der Waals surface area contributed by atoms with Crippen molar-refractivity contribution in [2.24, 2.45) is 5.92 Å². The zero-order chi connectivity index (χ0) is 12.8. The molecule has 0 aromatic heterocycles. The van der Waals surface area contributed by atoms with Crippen LogP contribution in [0, 0.1) is 5.92 Å². The maximum atomic E-state index is 10.5. The third-order valence-corrected chi connectivity index (χ3v) is 4.04. The van der Waals surface area contributed by atoms with E-state index in [1.165, 1.54) is 0 Å². The summed E-state index contributed by atoms with van der Waals surface area (Å²) < 4.78 is 5.35. The number of piperidine rings is 1. The first kappa shape index (κ1) is 14.5. The van der Waals surface area contributed by atoms with Crippen LogP contribution in [0.1, 0.15) is 39.5 Å². The number of carboxylic acids is 1. The molecule has 0 spiro atoms. The van der Waals surface area contributed by atoms with E-state index in [0.29, 0.717) is 18.4 Å². The number of hydrogen-bond acceptors (Lipinski definition) is 3. The van der Waals surface area contributed by atoms with Gasteiger partial charge in [-0.15, -0.1) is 0 Å². The molecular weight excluding hydrogens is 218 g/mol. The first-order chi connectivity index (χ1) is 8.04. The zero-order valence-corrected chi connectivity index (χ0v) is 11.2. The van der Waals surface area contributed by atoms with Gasteiger partial charge in [-0.25, -0.2) is 0 Å². The van der Waals surface area contributed by atoms with Gasteiger partial charge in [-0.2, -0.15) is 0 Å². The van der Waals surface area contributed by atoms with Gasteiger partial charge in [-0.05, 0) is 52.1 Å². The molecule has 1 heterocycles. The molecule has 2 atom stereocenters. The van der Waals surface area contributed by atoms with Crippen LogP contribution in [0.25, 0.3) is 0 Å².